The number of nitrogens with zero attached hydrogens (tertiary/aromatic N) is 3. The number of hydrogen-bond acceptors (Lipinski definition) is 4. The van der Waals surface area contributed by atoms with E-state index in [0.29, 0.717) is 12.6 Å². The zero-order chi connectivity index (χ0) is 12.3. The van der Waals surface area contributed by atoms with Crippen molar-refractivity contribution in [3.63, 3.8) is 0 Å². The van der Waals surface area contributed by atoms with Crippen molar-refractivity contribution in [1.29, 1.82) is 0 Å². The quantitative estimate of drug-likeness (QED) is 0.868. The summed E-state index contributed by atoms with van der Waals surface area (Å²) in [6.45, 7) is 2.79. The fourth-order valence-electron chi connectivity index (χ4n) is 2.71. The first-order valence-electron chi connectivity index (χ1n) is 6.46. The summed E-state index contributed by atoms with van der Waals surface area (Å²) in [5.74, 6) is 1.68. The average Bonchev–Trinajstić information content (AvgIpc) is 2.38. The summed E-state index contributed by atoms with van der Waals surface area (Å²) in [5, 5.41) is 0. The number of hydrogen-bond donors (Lipinski definition) is 1. The third-order valence-electron chi connectivity index (χ3n) is 3.81. The molecule has 0 radical (unpaired) electrons. The third-order valence-corrected chi connectivity index (χ3v) is 3.81. The Morgan fingerprint density at radius 3 is 2.82 bits per heavy atom. The van der Waals surface area contributed by atoms with Crippen LogP contribution < -0.4 is 10.6 Å². The van der Waals surface area contributed by atoms with Gasteiger partial charge in [-0.25, -0.2) is 4.98 Å². The summed E-state index contributed by atoms with van der Waals surface area (Å²) in [6, 6.07) is 0.589. The Hall–Kier alpha value is -1.16. The van der Waals surface area contributed by atoms with E-state index in [9.17, 15) is 0 Å². The molecule has 0 saturated heterocycles. The molecule has 0 bridgehead atoms. The van der Waals surface area contributed by atoms with Crippen LogP contribution in [0.1, 0.15) is 38.3 Å². The molecule has 2 unspecified atom stereocenters. The van der Waals surface area contributed by atoms with Gasteiger partial charge in [0.15, 0.2) is 0 Å². The highest BCUT2D eigenvalue weighted by Crippen LogP contribution is 2.29. The molecule has 1 aromatic heterocycles. The predicted octanol–water partition coefficient (Wildman–Crippen LogP) is 1.95. The molecule has 1 saturated carbocycles. The van der Waals surface area contributed by atoms with Crippen LogP contribution in [0.25, 0.3) is 0 Å². The van der Waals surface area contributed by atoms with Gasteiger partial charge in [0.2, 0.25) is 0 Å². The number of aromatic nitrogens is 2. The fourth-order valence-corrected chi connectivity index (χ4v) is 2.71. The van der Waals surface area contributed by atoms with Crippen LogP contribution in [0.4, 0.5) is 5.82 Å². The van der Waals surface area contributed by atoms with E-state index in [1.54, 1.807) is 6.20 Å². The summed E-state index contributed by atoms with van der Waals surface area (Å²) in [6.07, 6.45) is 8.83. The van der Waals surface area contributed by atoms with Crippen LogP contribution in [0.2, 0.25) is 0 Å². The Bertz CT molecular complexity index is 366. The largest absolute Gasteiger partial charge is 0.355 e. The standard InChI is InChI=1S/C13H22N4/c1-10-5-3-4-6-12(10)17(2)13-9-15-8-11(7-14)16-13/h8-10,12H,3-7,14H2,1-2H3. The Morgan fingerprint density at radius 1 is 1.35 bits per heavy atom. The average molecular weight is 234 g/mol. The van der Waals surface area contributed by atoms with E-state index in [-0.39, 0.29) is 0 Å². The van der Waals surface area contributed by atoms with Crippen molar-refractivity contribution in [1.82, 2.24) is 9.97 Å². The topological polar surface area (TPSA) is 55.0 Å². The van der Waals surface area contributed by atoms with E-state index in [4.69, 9.17) is 5.73 Å². The fraction of sp³-hybridized carbons (Fsp3) is 0.692. The Morgan fingerprint density at radius 2 is 2.12 bits per heavy atom. The highest BCUT2D eigenvalue weighted by Gasteiger charge is 2.25. The third kappa shape index (κ3) is 2.75. The molecular formula is C13H22N4. The highest BCUT2D eigenvalue weighted by atomic mass is 15.2. The van der Waals surface area contributed by atoms with Crippen LogP contribution >= 0.6 is 0 Å². The van der Waals surface area contributed by atoms with E-state index in [1.165, 1.54) is 25.7 Å². The van der Waals surface area contributed by atoms with Crippen LogP contribution in [-0.4, -0.2) is 23.1 Å². The number of rotatable bonds is 3. The molecule has 1 aliphatic carbocycles. The van der Waals surface area contributed by atoms with Gasteiger partial charge < -0.3 is 10.6 Å². The molecule has 1 aromatic rings. The minimum atomic E-state index is 0.453. The number of nitrogens with two attached hydrogens (primary N) is 1. The Kier molecular flexibility index (Phi) is 3.94. The van der Waals surface area contributed by atoms with Gasteiger partial charge in [-0.1, -0.05) is 19.8 Å². The minimum Gasteiger partial charge on any atom is -0.355 e. The molecule has 4 nitrogen and oxygen atoms in total. The molecule has 2 atom stereocenters. The lowest BCUT2D eigenvalue weighted by Crippen LogP contribution is -2.39. The summed E-state index contributed by atoms with van der Waals surface area (Å²) >= 11 is 0. The van der Waals surface area contributed by atoms with E-state index in [1.807, 2.05) is 6.20 Å². The van der Waals surface area contributed by atoms with Crippen molar-refractivity contribution in [3.05, 3.63) is 18.1 Å². The molecule has 0 spiro atoms. The molecule has 17 heavy (non-hydrogen) atoms. The maximum atomic E-state index is 5.60. The van der Waals surface area contributed by atoms with Crippen LogP contribution in [0.15, 0.2) is 12.4 Å². The first-order chi connectivity index (χ1) is 8.22. The van der Waals surface area contributed by atoms with Gasteiger partial charge in [-0.2, -0.15) is 0 Å². The van der Waals surface area contributed by atoms with Crippen molar-refractivity contribution < 1.29 is 0 Å². The highest BCUT2D eigenvalue weighted by molar-refractivity contribution is 5.37. The van der Waals surface area contributed by atoms with Gasteiger partial charge in [-0.05, 0) is 18.8 Å². The van der Waals surface area contributed by atoms with Crippen molar-refractivity contribution in [3.8, 4) is 0 Å². The molecular weight excluding hydrogens is 212 g/mol. The molecule has 1 fully saturated rings. The van der Waals surface area contributed by atoms with Crippen molar-refractivity contribution >= 4 is 5.82 Å². The van der Waals surface area contributed by atoms with Gasteiger partial charge in [0.25, 0.3) is 0 Å². The maximum Gasteiger partial charge on any atom is 0.147 e. The first kappa shape index (κ1) is 12.3. The molecule has 0 aromatic carbocycles. The maximum absolute atomic E-state index is 5.60. The van der Waals surface area contributed by atoms with E-state index >= 15 is 0 Å². The normalized spacial score (nSPS) is 24.6. The van der Waals surface area contributed by atoms with Crippen LogP contribution in [0, 0.1) is 5.92 Å². The van der Waals surface area contributed by atoms with Crippen LogP contribution in [-0.2, 0) is 6.54 Å². The SMILES string of the molecule is CC1CCCCC1N(C)c1cncc(CN)n1. The van der Waals surface area contributed by atoms with Crippen molar-refractivity contribution in [2.75, 3.05) is 11.9 Å². The van der Waals surface area contributed by atoms with Crippen molar-refractivity contribution in [2.24, 2.45) is 11.7 Å². The van der Waals surface area contributed by atoms with Gasteiger partial charge in [0.1, 0.15) is 5.82 Å². The lowest BCUT2D eigenvalue weighted by molar-refractivity contribution is 0.320. The summed E-state index contributed by atoms with van der Waals surface area (Å²) < 4.78 is 0. The second-order valence-electron chi connectivity index (χ2n) is 5.01. The van der Waals surface area contributed by atoms with Gasteiger partial charge in [0, 0.05) is 25.8 Å². The smallest absolute Gasteiger partial charge is 0.147 e. The summed E-state index contributed by atoms with van der Waals surface area (Å²) in [7, 11) is 2.12. The van der Waals surface area contributed by atoms with E-state index in [2.05, 4.69) is 28.8 Å². The molecule has 2 N–H and O–H groups in total. The minimum absolute atomic E-state index is 0.453. The summed E-state index contributed by atoms with van der Waals surface area (Å²) in [5.41, 5.74) is 6.46. The van der Waals surface area contributed by atoms with Gasteiger partial charge in [-0.15, -0.1) is 0 Å². The first-order valence-corrected chi connectivity index (χ1v) is 6.46. The molecule has 4 heteroatoms. The molecule has 1 aliphatic rings. The summed E-state index contributed by atoms with van der Waals surface area (Å²) in [4.78, 5) is 11.0. The van der Waals surface area contributed by atoms with Crippen LogP contribution in [0.3, 0.4) is 0 Å². The van der Waals surface area contributed by atoms with E-state index < -0.39 is 0 Å². The molecule has 94 valence electrons. The van der Waals surface area contributed by atoms with Gasteiger partial charge in [-0.3, -0.25) is 4.98 Å². The van der Waals surface area contributed by atoms with Gasteiger partial charge in [0.05, 0.1) is 11.9 Å². The second kappa shape index (κ2) is 5.45. The van der Waals surface area contributed by atoms with E-state index in [0.717, 1.165) is 17.4 Å². The molecule has 0 aliphatic heterocycles. The monoisotopic (exact) mass is 234 g/mol. The van der Waals surface area contributed by atoms with Crippen LogP contribution in [0.5, 0.6) is 0 Å². The molecule has 2 rings (SSSR count). The Balaban J connectivity index is 2.14. The number of anilines is 1. The molecule has 0 amide bonds. The zero-order valence-corrected chi connectivity index (χ0v) is 10.8. The Labute approximate surface area is 103 Å². The molecule has 1 heterocycles. The van der Waals surface area contributed by atoms with Crippen molar-refractivity contribution in [2.45, 2.75) is 45.2 Å². The zero-order valence-electron chi connectivity index (χ0n) is 10.8. The van der Waals surface area contributed by atoms with Gasteiger partial charge >= 0.3 is 0 Å². The predicted molar refractivity (Wildman–Crippen MR) is 69.7 cm³/mol. The lowest BCUT2D eigenvalue weighted by atomic mass is 9.85. The second-order valence-corrected chi connectivity index (χ2v) is 5.01. The lowest BCUT2D eigenvalue weighted by Gasteiger charge is -2.36.